The summed E-state index contributed by atoms with van der Waals surface area (Å²) in [6, 6.07) is 29.4. The summed E-state index contributed by atoms with van der Waals surface area (Å²) in [5, 5.41) is 12.7. The standard InChI is InChI=1S/C66H89NO10/c1-8-10-12-14-16-18-32-74-61-49-24-20-26-51(61)44-55-30-23-31-56-45-52-27-21-25-50(62(52)75-33-19-17-15-13-11-9-2)43-54-29-22-28-53(42-49)63(54)76-40-36-70-34-38-72-59-46-57(66(6,7)48-65(3,4)5)58(67(68)69)47-60(59)73-39-35-71-37-41-77-64(55)56/h20-31,46-47H,8-19,32-45,48H2,1-7H3. The van der Waals surface area contributed by atoms with Crippen LogP contribution in [0.5, 0.6) is 34.5 Å². The Morgan fingerprint density at radius 3 is 1.19 bits per heavy atom. The van der Waals surface area contributed by atoms with Gasteiger partial charge in [-0.1, -0.05) is 185 Å². The first kappa shape index (κ1) is 58.9. The molecule has 0 atom stereocenters. The average Bonchev–Trinajstić information content (AvgIpc) is 3.40. The summed E-state index contributed by atoms with van der Waals surface area (Å²) < 4.78 is 52.7. The van der Waals surface area contributed by atoms with Gasteiger partial charge in [0, 0.05) is 31.2 Å². The molecule has 3 aliphatic rings. The molecule has 8 rings (SSSR count). The van der Waals surface area contributed by atoms with Crippen LogP contribution in [0.1, 0.15) is 182 Å². The van der Waals surface area contributed by atoms with Crippen LogP contribution in [0.25, 0.3) is 0 Å². The molecule has 0 unspecified atom stereocenters. The first-order valence-electron chi connectivity index (χ1n) is 29.0. The van der Waals surface area contributed by atoms with Gasteiger partial charge < -0.3 is 37.9 Å². The largest absolute Gasteiger partial charge is 0.493 e. The van der Waals surface area contributed by atoms with Crippen LogP contribution >= 0.6 is 0 Å². The minimum absolute atomic E-state index is 0.00253. The van der Waals surface area contributed by atoms with Gasteiger partial charge in [-0.05, 0) is 80.7 Å². The van der Waals surface area contributed by atoms with Gasteiger partial charge in [-0.2, -0.15) is 0 Å². The van der Waals surface area contributed by atoms with Gasteiger partial charge in [0.05, 0.1) is 50.6 Å². The second-order valence-electron chi connectivity index (χ2n) is 22.9. The Hall–Kier alpha value is -5.78. The third-order valence-corrected chi connectivity index (χ3v) is 14.6. The predicted octanol–water partition coefficient (Wildman–Crippen LogP) is 15.7. The number of rotatable bonds is 19. The fraction of sp³-hybridized carbons (Fsp3) is 0.545. The molecule has 0 saturated heterocycles. The lowest BCUT2D eigenvalue weighted by atomic mass is 9.72. The van der Waals surface area contributed by atoms with E-state index in [4.69, 9.17) is 37.9 Å². The van der Waals surface area contributed by atoms with E-state index in [2.05, 4.69) is 107 Å². The molecule has 0 aromatic heterocycles. The molecule has 5 aromatic rings. The molecule has 418 valence electrons. The highest BCUT2D eigenvalue weighted by molar-refractivity contribution is 5.58. The van der Waals surface area contributed by atoms with Crippen molar-refractivity contribution in [1.29, 1.82) is 0 Å². The average molecular weight is 1060 g/mol. The van der Waals surface area contributed by atoms with Crippen LogP contribution in [0, 0.1) is 15.5 Å². The number of ether oxygens (including phenoxy) is 8. The Morgan fingerprint density at radius 2 is 0.818 bits per heavy atom. The first-order chi connectivity index (χ1) is 37.3. The lowest BCUT2D eigenvalue weighted by molar-refractivity contribution is -0.386. The number of nitrogens with zero attached hydrogens (tertiary/aromatic N) is 1. The van der Waals surface area contributed by atoms with Crippen LogP contribution in [0.15, 0.2) is 84.9 Å². The highest BCUT2D eigenvalue weighted by Gasteiger charge is 2.35. The Kier molecular flexibility index (Phi) is 22.8. The van der Waals surface area contributed by atoms with Crippen molar-refractivity contribution in [1.82, 2.24) is 0 Å². The van der Waals surface area contributed by atoms with Crippen LogP contribution in [0.2, 0.25) is 0 Å². The third-order valence-electron chi connectivity index (χ3n) is 14.6. The van der Waals surface area contributed by atoms with Crippen LogP contribution < -0.4 is 28.4 Å². The van der Waals surface area contributed by atoms with Gasteiger partial charge >= 0.3 is 0 Å². The molecule has 2 heterocycles. The summed E-state index contributed by atoms with van der Waals surface area (Å²) in [6.07, 6.45) is 17.3. The number of nitro groups is 1. The van der Waals surface area contributed by atoms with Crippen molar-refractivity contribution >= 4 is 5.69 Å². The van der Waals surface area contributed by atoms with Gasteiger partial charge in [0.25, 0.3) is 5.69 Å². The summed E-state index contributed by atoms with van der Waals surface area (Å²) in [5.74, 6) is 4.22. The van der Waals surface area contributed by atoms with E-state index in [-0.39, 0.29) is 48.2 Å². The molecule has 0 N–H and O–H groups in total. The molecule has 0 saturated carbocycles. The quantitative estimate of drug-likeness (QED) is 0.0336. The number of para-hydroxylation sites is 4. The van der Waals surface area contributed by atoms with Crippen molar-refractivity contribution < 1.29 is 42.8 Å². The van der Waals surface area contributed by atoms with Gasteiger partial charge in [-0.25, -0.2) is 0 Å². The molecule has 0 radical (unpaired) electrons. The molecule has 2 aliphatic heterocycles. The van der Waals surface area contributed by atoms with Crippen LogP contribution in [0.4, 0.5) is 5.69 Å². The second-order valence-corrected chi connectivity index (χ2v) is 22.9. The number of hydrogen-bond acceptors (Lipinski definition) is 10. The Labute approximate surface area is 460 Å². The fourth-order valence-electron chi connectivity index (χ4n) is 11.3. The lowest BCUT2D eigenvalue weighted by Gasteiger charge is -2.33. The van der Waals surface area contributed by atoms with Gasteiger partial charge in [0.1, 0.15) is 49.4 Å². The summed E-state index contributed by atoms with van der Waals surface area (Å²) in [6.45, 7) is 18.4. The van der Waals surface area contributed by atoms with Crippen LogP contribution in [0.3, 0.4) is 0 Å². The molecule has 5 aromatic carbocycles. The maximum Gasteiger partial charge on any atom is 0.277 e. The number of fused-ring (bicyclic) bond motifs is 12. The number of hydrogen-bond donors (Lipinski definition) is 0. The van der Waals surface area contributed by atoms with E-state index in [1.54, 1.807) is 6.07 Å². The molecular weight excluding hydrogens is 967 g/mol. The zero-order chi connectivity index (χ0) is 54.5. The fourth-order valence-corrected chi connectivity index (χ4v) is 11.3. The number of unbranched alkanes of at least 4 members (excludes halogenated alkanes) is 10. The summed E-state index contributed by atoms with van der Waals surface area (Å²) in [5.41, 5.74) is 8.66. The zero-order valence-corrected chi connectivity index (χ0v) is 47.7. The monoisotopic (exact) mass is 1060 g/mol. The molecule has 1 aliphatic carbocycles. The zero-order valence-electron chi connectivity index (χ0n) is 47.7. The normalized spacial score (nSPS) is 14.7. The lowest BCUT2D eigenvalue weighted by Crippen LogP contribution is -2.26. The highest BCUT2D eigenvalue weighted by Crippen LogP contribution is 2.45. The molecule has 77 heavy (non-hydrogen) atoms. The van der Waals surface area contributed by atoms with E-state index in [0.717, 1.165) is 99.6 Å². The SMILES string of the molecule is CCCCCCCCOc1c2cccc1Cc1cccc3c1OCCOCCOc1cc(C(C)(C)CC(C)(C)C)c([N+](=O)[O-])cc1OCCOCCOc1c(cccc1Cc1cccc(c1OCCCCCCCC)C3)C2. The van der Waals surface area contributed by atoms with Crippen molar-refractivity contribution in [3.63, 3.8) is 0 Å². The molecule has 0 fully saturated rings. The van der Waals surface area contributed by atoms with E-state index in [1.165, 1.54) is 57.4 Å². The molecule has 11 nitrogen and oxygen atoms in total. The van der Waals surface area contributed by atoms with E-state index >= 15 is 0 Å². The highest BCUT2D eigenvalue weighted by atomic mass is 16.6. The Balaban J connectivity index is 1.27. The van der Waals surface area contributed by atoms with Crippen molar-refractivity contribution in [2.75, 3.05) is 66.1 Å². The maximum absolute atomic E-state index is 12.7. The molecule has 11 heteroatoms. The summed E-state index contributed by atoms with van der Waals surface area (Å²) in [4.78, 5) is 12.3. The van der Waals surface area contributed by atoms with Crippen molar-refractivity contribution in [3.05, 3.63) is 145 Å². The van der Waals surface area contributed by atoms with E-state index in [0.29, 0.717) is 76.6 Å². The second kappa shape index (κ2) is 29.8. The van der Waals surface area contributed by atoms with E-state index in [1.807, 2.05) is 13.8 Å². The molecule has 10 bridgehead atoms. The van der Waals surface area contributed by atoms with Gasteiger partial charge in [0.15, 0.2) is 11.5 Å². The number of benzene rings is 5. The summed E-state index contributed by atoms with van der Waals surface area (Å²) in [7, 11) is 0. The van der Waals surface area contributed by atoms with Gasteiger partial charge in [0.2, 0.25) is 0 Å². The Bertz CT molecular complexity index is 2520. The Morgan fingerprint density at radius 1 is 0.468 bits per heavy atom. The molecule has 0 spiro atoms. The minimum Gasteiger partial charge on any atom is -0.493 e. The number of nitro benzene ring substituents is 1. The summed E-state index contributed by atoms with van der Waals surface area (Å²) >= 11 is 0. The maximum atomic E-state index is 12.7. The van der Waals surface area contributed by atoms with Crippen molar-refractivity contribution in [3.8, 4) is 34.5 Å². The molecular formula is C66H89NO10. The van der Waals surface area contributed by atoms with Crippen LogP contribution in [-0.2, 0) is 40.6 Å². The van der Waals surface area contributed by atoms with Gasteiger partial charge in [-0.15, -0.1) is 0 Å². The van der Waals surface area contributed by atoms with Crippen molar-refractivity contribution in [2.45, 2.75) is 163 Å². The van der Waals surface area contributed by atoms with E-state index < -0.39 is 5.41 Å². The van der Waals surface area contributed by atoms with Crippen LogP contribution in [-0.4, -0.2) is 71.0 Å². The topological polar surface area (TPSA) is 117 Å². The smallest absolute Gasteiger partial charge is 0.277 e. The third kappa shape index (κ3) is 17.6. The first-order valence-corrected chi connectivity index (χ1v) is 29.0. The van der Waals surface area contributed by atoms with Crippen molar-refractivity contribution in [2.24, 2.45) is 5.41 Å². The van der Waals surface area contributed by atoms with E-state index in [9.17, 15) is 10.1 Å². The van der Waals surface area contributed by atoms with Gasteiger partial charge in [-0.3, -0.25) is 10.1 Å². The minimum atomic E-state index is -0.532. The predicted molar refractivity (Wildman–Crippen MR) is 309 cm³/mol. The molecule has 0 amide bonds.